The predicted octanol–water partition coefficient (Wildman–Crippen LogP) is 5.42. The molecule has 2 heterocycles. The van der Waals surface area contributed by atoms with Gasteiger partial charge in [-0.3, -0.25) is 4.90 Å². The predicted molar refractivity (Wildman–Crippen MR) is 104 cm³/mol. The largest absolute Gasteiger partial charge is 0.295 e. The second kappa shape index (κ2) is 6.42. The van der Waals surface area contributed by atoms with Crippen LogP contribution in [0.15, 0.2) is 66.1 Å². The molecule has 2 aromatic rings. The standard InChI is InChI=1S/C22H25NS/c1-3-14-22(17-10-12-18(24-2)13-11-17)16-23-15-6-9-21(23)19-7-4-5-8-20(19)22/h3-5,7-8,10-13,21H,1,6,9,14-16H2,2H3/t21-,22+/m0/s1. The topological polar surface area (TPSA) is 3.24 Å². The highest BCUT2D eigenvalue weighted by molar-refractivity contribution is 7.98. The van der Waals surface area contributed by atoms with Crippen LogP contribution >= 0.6 is 11.8 Å². The zero-order valence-electron chi connectivity index (χ0n) is 14.4. The van der Waals surface area contributed by atoms with Crippen molar-refractivity contribution < 1.29 is 0 Å². The lowest BCUT2D eigenvalue weighted by Gasteiger charge is -2.46. The molecule has 0 N–H and O–H groups in total. The first-order valence-electron chi connectivity index (χ1n) is 8.87. The number of benzene rings is 2. The first-order chi connectivity index (χ1) is 11.8. The molecule has 2 heteroatoms. The fourth-order valence-corrected chi connectivity index (χ4v) is 5.13. The van der Waals surface area contributed by atoms with Gasteiger partial charge in [-0.05, 0) is 60.9 Å². The Morgan fingerprint density at radius 1 is 1.21 bits per heavy atom. The van der Waals surface area contributed by atoms with Crippen LogP contribution in [0.25, 0.3) is 0 Å². The highest BCUT2D eigenvalue weighted by Gasteiger charge is 2.45. The summed E-state index contributed by atoms with van der Waals surface area (Å²) in [4.78, 5) is 4.03. The molecule has 2 aliphatic heterocycles. The van der Waals surface area contributed by atoms with Gasteiger partial charge in [0.2, 0.25) is 0 Å². The minimum atomic E-state index is 0.0378. The maximum Gasteiger partial charge on any atom is 0.0367 e. The van der Waals surface area contributed by atoms with Gasteiger partial charge in [-0.15, -0.1) is 18.3 Å². The maximum atomic E-state index is 4.09. The third-order valence-electron chi connectivity index (χ3n) is 5.81. The van der Waals surface area contributed by atoms with Crippen molar-refractivity contribution in [3.8, 4) is 0 Å². The van der Waals surface area contributed by atoms with Crippen LogP contribution in [0.4, 0.5) is 0 Å². The number of nitrogens with zero attached hydrogens (tertiary/aromatic N) is 1. The van der Waals surface area contributed by atoms with Crippen LogP contribution in [-0.2, 0) is 5.41 Å². The molecule has 24 heavy (non-hydrogen) atoms. The summed E-state index contributed by atoms with van der Waals surface area (Å²) in [5, 5.41) is 0. The fraction of sp³-hybridized carbons (Fsp3) is 0.364. The summed E-state index contributed by atoms with van der Waals surface area (Å²) in [6.07, 6.45) is 7.85. The minimum Gasteiger partial charge on any atom is -0.295 e. The molecular formula is C22H25NS. The number of rotatable bonds is 4. The highest BCUT2D eigenvalue weighted by atomic mass is 32.2. The van der Waals surface area contributed by atoms with Crippen molar-refractivity contribution in [2.24, 2.45) is 0 Å². The molecule has 0 spiro atoms. The molecule has 0 aliphatic carbocycles. The van der Waals surface area contributed by atoms with Crippen LogP contribution in [0.1, 0.15) is 42.0 Å². The van der Waals surface area contributed by atoms with E-state index in [1.165, 1.54) is 41.0 Å². The summed E-state index contributed by atoms with van der Waals surface area (Å²) < 4.78 is 0. The molecule has 0 unspecified atom stereocenters. The molecule has 1 nitrogen and oxygen atoms in total. The third-order valence-corrected chi connectivity index (χ3v) is 6.55. The number of allylic oxidation sites excluding steroid dienone is 1. The van der Waals surface area contributed by atoms with Crippen molar-refractivity contribution in [2.75, 3.05) is 19.3 Å². The molecular weight excluding hydrogens is 310 g/mol. The van der Waals surface area contributed by atoms with E-state index in [0.717, 1.165) is 13.0 Å². The SMILES string of the molecule is C=CC[C@]1(c2ccc(SC)cc2)CN2CCC[C@H]2c2ccccc21. The lowest BCUT2D eigenvalue weighted by atomic mass is 9.67. The van der Waals surface area contributed by atoms with Gasteiger partial charge >= 0.3 is 0 Å². The van der Waals surface area contributed by atoms with Crippen molar-refractivity contribution >= 4 is 11.8 Å². The van der Waals surface area contributed by atoms with Crippen molar-refractivity contribution in [3.63, 3.8) is 0 Å². The third kappa shape index (κ3) is 2.44. The molecule has 0 amide bonds. The number of hydrogen-bond donors (Lipinski definition) is 0. The Bertz CT molecular complexity index is 736. The Morgan fingerprint density at radius 3 is 2.75 bits per heavy atom. The molecule has 4 rings (SSSR count). The Morgan fingerprint density at radius 2 is 2.00 bits per heavy atom. The Labute approximate surface area is 149 Å². The van der Waals surface area contributed by atoms with Crippen molar-refractivity contribution in [1.82, 2.24) is 4.90 Å². The zero-order valence-corrected chi connectivity index (χ0v) is 15.2. The molecule has 0 radical (unpaired) electrons. The van der Waals surface area contributed by atoms with Gasteiger partial charge in [0, 0.05) is 22.9 Å². The molecule has 124 valence electrons. The van der Waals surface area contributed by atoms with Gasteiger partial charge in [-0.2, -0.15) is 0 Å². The molecule has 0 bridgehead atoms. The summed E-state index contributed by atoms with van der Waals surface area (Å²) in [7, 11) is 0. The zero-order chi connectivity index (χ0) is 16.6. The number of fused-ring (bicyclic) bond motifs is 3. The van der Waals surface area contributed by atoms with Gasteiger partial charge in [0.25, 0.3) is 0 Å². The minimum absolute atomic E-state index is 0.0378. The maximum absolute atomic E-state index is 4.09. The van der Waals surface area contributed by atoms with Crippen LogP contribution in [0, 0.1) is 0 Å². The summed E-state index contributed by atoms with van der Waals surface area (Å²) in [5.74, 6) is 0. The van der Waals surface area contributed by atoms with Crippen molar-refractivity contribution in [3.05, 3.63) is 77.9 Å². The van der Waals surface area contributed by atoms with E-state index in [1.54, 1.807) is 11.8 Å². The summed E-state index contributed by atoms with van der Waals surface area (Å²) in [6, 6.07) is 18.9. The van der Waals surface area contributed by atoms with Gasteiger partial charge in [-0.25, -0.2) is 0 Å². The average Bonchev–Trinajstić information content (AvgIpc) is 3.10. The molecule has 1 fully saturated rings. The second-order valence-corrected chi connectivity index (χ2v) is 7.90. The summed E-state index contributed by atoms with van der Waals surface area (Å²) in [6.45, 7) is 6.43. The van der Waals surface area contributed by atoms with Gasteiger partial charge in [0.1, 0.15) is 0 Å². The number of thioether (sulfide) groups is 1. The highest BCUT2D eigenvalue weighted by Crippen LogP contribution is 2.49. The van der Waals surface area contributed by atoms with Crippen LogP contribution in [0.5, 0.6) is 0 Å². The van der Waals surface area contributed by atoms with E-state index in [2.05, 4.69) is 72.3 Å². The van der Waals surface area contributed by atoms with E-state index in [0.29, 0.717) is 6.04 Å². The van der Waals surface area contributed by atoms with E-state index < -0.39 is 0 Å². The van der Waals surface area contributed by atoms with Gasteiger partial charge in [-0.1, -0.05) is 42.5 Å². The Kier molecular flexibility index (Phi) is 4.28. The molecule has 1 saturated heterocycles. The lowest BCUT2D eigenvalue weighted by Crippen LogP contribution is -2.46. The Hall–Kier alpha value is -1.51. The van der Waals surface area contributed by atoms with Gasteiger partial charge < -0.3 is 0 Å². The van der Waals surface area contributed by atoms with Crippen LogP contribution in [0.3, 0.4) is 0 Å². The van der Waals surface area contributed by atoms with E-state index in [-0.39, 0.29) is 5.41 Å². The summed E-state index contributed by atoms with van der Waals surface area (Å²) >= 11 is 1.81. The van der Waals surface area contributed by atoms with E-state index in [1.807, 2.05) is 0 Å². The molecule has 2 aromatic carbocycles. The van der Waals surface area contributed by atoms with Gasteiger partial charge in [0.15, 0.2) is 0 Å². The van der Waals surface area contributed by atoms with Crippen LogP contribution in [-0.4, -0.2) is 24.2 Å². The smallest absolute Gasteiger partial charge is 0.0367 e. The van der Waals surface area contributed by atoms with Crippen LogP contribution < -0.4 is 0 Å². The average molecular weight is 336 g/mol. The van der Waals surface area contributed by atoms with E-state index in [4.69, 9.17) is 0 Å². The fourth-order valence-electron chi connectivity index (χ4n) is 4.72. The Balaban J connectivity index is 1.89. The first kappa shape index (κ1) is 16.0. The van der Waals surface area contributed by atoms with Crippen molar-refractivity contribution in [1.29, 1.82) is 0 Å². The van der Waals surface area contributed by atoms with Crippen molar-refractivity contribution in [2.45, 2.75) is 35.6 Å². The quantitative estimate of drug-likeness (QED) is 0.542. The second-order valence-electron chi connectivity index (χ2n) is 7.02. The number of hydrogen-bond acceptors (Lipinski definition) is 2. The first-order valence-corrected chi connectivity index (χ1v) is 10.1. The molecule has 0 aromatic heterocycles. The lowest BCUT2D eigenvalue weighted by molar-refractivity contribution is 0.186. The van der Waals surface area contributed by atoms with E-state index in [9.17, 15) is 0 Å². The summed E-state index contributed by atoms with van der Waals surface area (Å²) in [5.41, 5.74) is 4.52. The van der Waals surface area contributed by atoms with E-state index >= 15 is 0 Å². The monoisotopic (exact) mass is 335 g/mol. The molecule has 2 aliphatic rings. The van der Waals surface area contributed by atoms with Gasteiger partial charge in [0.05, 0.1) is 0 Å². The molecule has 0 saturated carbocycles. The normalized spacial score (nSPS) is 26.0. The molecule has 2 atom stereocenters. The van der Waals surface area contributed by atoms with Crippen LogP contribution in [0.2, 0.25) is 0 Å².